The molecule has 3 heterocycles. The van der Waals surface area contributed by atoms with Crippen molar-refractivity contribution in [2.24, 2.45) is 71.0 Å². The Morgan fingerprint density at radius 2 is 0.710 bits per heavy atom. The Labute approximate surface area is 379 Å². The molecule has 12 atom stereocenters. The summed E-state index contributed by atoms with van der Waals surface area (Å²) in [7, 11) is 0. The Balaban J connectivity index is 0.637. The fraction of sp³-hybridized carbons (Fsp3) is 0.964. The predicted octanol–water partition coefficient (Wildman–Crippen LogP) is 11.1. The standard InChI is InChI=1S/C56H92N4O2/c1-35-9-7-13-47-45-11-3-5-15-49(45)59(53(35)47)43-29-25-41(26-30-43)55(61)39-21-17-37(18-22-39)51-52(58-34-33-57-51)38-19-23-40(24-20-38)56(62)42-27-31-44(32-28-42)60-50-16-6-4-12-46(50)48-14-8-10-36(2)54(48)60/h35-54,57-58H,3-34H2,1-2H3. The number of nitrogens with one attached hydrogen (secondary N) is 2. The van der Waals surface area contributed by atoms with E-state index in [-0.39, 0.29) is 0 Å². The summed E-state index contributed by atoms with van der Waals surface area (Å²) < 4.78 is 0. The summed E-state index contributed by atoms with van der Waals surface area (Å²) in [5, 5.41) is 8.09. The van der Waals surface area contributed by atoms with E-state index in [2.05, 4.69) is 34.3 Å². The molecule has 11 rings (SSSR count). The molecule has 0 aromatic rings. The molecule has 12 unspecified atom stereocenters. The number of carbonyl (C=O) groups is 2. The van der Waals surface area contributed by atoms with Crippen molar-refractivity contribution >= 4 is 11.6 Å². The molecule has 62 heavy (non-hydrogen) atoms. The first-order chi connectivity index (χ1) is 30.4. The number of hydrogen-bond donors (Lipinski definition) is 2. The topological polar surface area (TPSA) is 64.7 Å². The summed E-state index contributed by atoms with van der Waals surface area (Å²) in [5.41, 5.74) is 0. The average molecular weight is 853 g/mol. The molecule has 6 heteroatoms. The van der Waals surface area contributed by atoms with Crippen LogP contribution in [0.1, 0.15) is 206 Å². The second-order valence-electron chi connectivity index (χ2n) is 25.0. The van der Waals surface area contributed by atoms with Gasteiger partial charge in [0.15, 0.2) is 0 Å². The van der Waals surface area contributed by atoms with E-state index >= 15 is 0 Å². The largest absolute Gasteiger partial charge is 0.311 e. The lowest BCUT2D eigenvalue weighted by molar-refractivity contribution is -0.130. The number of nitrogens with zero attached hydrogens (tertiary/aromatic N) is 2. The van der Waals surface area contributed by atoms with Gasteiger partial charge in [0.2, 0.25) is 0 Å². The molecule has 11 fully saturated rings. The summed E-state index contributed by atoms with van der Waals surface area (Å²) in [4.78, 5) is 34.7. The zero-order valence-electron chi connectivity index (χ0n) is 39.9. The van der Waals surface area contributed by atoms with Crippen LogP contribution in [0.3, 0.4) is 0 Å². The first-order valence-electron chi connectivity index (χ1n) is 28.5. The molecule has 3 saturated heterocycles. The molecule has 3 aliphatic heterocycles. The Bertz CT molecular complexity index is 1410. The molecular formula is C56H92N4O2. The highest BCUT2D eigenvalue weighted by atomic mass is 16.1. The lowest BCUT2D eigenvalue weighted by Gasteiger charge is -2.47. The molecule has 6 nitrogen and oxygen atoms in total. The number of rotatable bonds is 8. The van der Waals surface area contributed by atoms with Crippen LogP contribution in [0.15, 0.2) is 0 Å². The smallest absolute Gasteiger partial charge is 0.139 e. The van der Waals surface area contributed by atoms with Crippen molar-refractivity contribution in [2.75, 3.05) is 13.1 Å². The van der Waals surface area contributed by atoms with Gasteiger partial charge in [-0.1, -0.05) is 52.4 Å². The third-order valence-electron chi connectivity index (χ3n) is 22.2. The van der Waals surface area contributed by atoms with Crippen molar-refractivity contribution in [1.29, 1.82) is 0 Å². The van der Waals surface area contributed by atoms with Crippen molar-refractivity contribution in [1.82, 2.24) is 20.4 Å². The average Bonchev–Trinajstić information content (AvgIpc) is 3.86. The number of hydrogen-bond acceptors (Lipinski definition) is 6. The van der Waals surface area contributed by atoms with Crippen LogP contribution in [0, 0.1) is 71.0 Å². The van der Waals surface area contributed by atoms with Gasteiger partial charge in [-0.3, -0.25) is 19.4 Å². The van der Waals surface area contributed by atoms with Crippen LogP contribution in [-0.4, -0.2) is 82.8 Å². The molecule has 0 bridgehead atoms. The van der Waals surface area contributed by atoms with Gasteiger partial charge in [-0.2, -0.15) is 0 Å². The van der Waals surface area contributed by atoms with Crippen molar-refractivity contribution < 1.29 is 9.59 Å². The van der Waals surface area contributed by atoms with Gasteiger partial charge >= 0.3 is 0 Å². The maximum absolute atomic E-state index is 14.2. The summed E-state index contributed by atoms with van der Waals surface area (Å²) in [6.07, 6.45) is 39.5. The number of ketones is 2. The van der Waals surface area contributed by atoms with Crippen molar-refractivity contribution in [2.45, 2.75) is 255 Å². The van der Waals surface area contributed by atoms with E-state index in [1.165, 1.54) is 141 Å². The fourth-order valence-electron chi connectivity index (χ4n) is 19.5. The first-order valence-corrected chi connectivity index (χ1v) is 28.5. The lowest BCUT2D eigenvalue weighted by Crippen LogP contribution is -2.62. The zero-order valence-corrected chi connectivity index (χ0v) is 39.9. The highest BCUT2D eigenvalue weighted by Crippen LogP contribution is 2.55. The Morgan fingerprint density at radius 1 is 0.371 bits per heavy atom. The molecule has 11 aliphatic rings. The van der Waals surface area contributed by atoms with Crippen LogP contribution < -0.4 is 10.6 Å². The summed E-state index contributed by atoms with van der Waals surface area (Å²) in [6, 6.07) is 5.90. The van der Waals surface area contributed by atoms with Gasteiger partial charge in [0, 0.05) is 85.1 Å². The highest BCUT2D eigenvalue weighted by molar-refractivity contribution is 5.84. The first kappa shape index (κ1) is 43.7. The highest BCUT2D eigenvalue weighted by Gasteiger charge is 2.56. The van der Waals surface area contributed by atoms with Gasteiger partial charge in [0.1, 0.15) is 11.6 Å². The quantitative estimate of drug-likeness (QED) is 0.254. The second kappa shape index (κ2) is 19.1. The Hall–Kier alpha value is -0.820. The van der Waals surface area contributed by atoms with Crippen molar-refractivity contribution in [3.63, 3.8) is 0 Å². The van der Waals surface area contributed by atoms with Crippen LogP contribution in [0.2, 0.25) is 0 Å². The van der Waals surface area contributed by atoms with Gasteiger partial charge in [0.25, 0.3) is 0 Å². The van der Waals surface area contributed by atoms with E-state index in [0.717, 1.165) is 136 Å². The van der Waals surface area contributed by atoms with Gasteiger partial charge in [0.05, 0.1) is 0 Å². The minimum Gasteiger partial charge on any atom is -0.311 e. The molecule has 2 N–H and O–H groups in total. The molecule has 0 spiro atoms. The van der Waals surface area contributed by atoms with E-state index in [9.17, 15) is 9.59 Å². The third kappa shape index (κ3) is 8.21. The summed E-state index contributed by atoms with van der Waals surface area (Å²) in [5.74, 6) is 9.53. The maximum atomic E-state index is 14.2. The van der Waals surface area contributed by atoms with Gasteiger partial charge in [-0.25, -0.2) is 0 Å². The number of piperazine rings is 1. The van der Waals surface area contributed by atoms with Crippen LogP contribution in [-0.2, 0) is 9.59 Å². The molecule has 8 saturated carbocycles. The third-order valence-corrected chi connectivity index (χ3v) is 22.2. The summed E-state index contributed by atoms with van der Waals surface area (Å²) in [6.45, 7) is 7.29. The molecular weight excluding hydrogens is 761 g/mol. The predicted molar refractivity (Wildman–Crippen MR) is 252 cm³/mol. The van der Waals surface area contributed by atoms with E-state index in [1.807, 2.05) is 0 Å². The van der Waals surface area contributed by atoms with Gasteiger partial charge in [-0.05, 0) is 201 Å². The van der Waals surface area contributed by atoms with Crippen LogP contribution in [0.25, 0.3) is 0 Å². The van der Waals surface area contributed by atoms with Crippen molar-refractivity contribution in [3.8, 4) is 0 Å². The van der Waals surface area contributed by atoms with Gasteiger partial charge in [-0.15, -0.1) is 0 Å². The van der Waals surface area contributed by atoms with Crippen molar-refractivity contribution in [3.05, 3.63) is 0 Å². The van der Waals surface area contributed by atoms with Crippen LogP contribution in [0.5, 0.6) is 0 Å². The Kier molecular flexibility index (Phi) is 13.4. The monoisotopic (exact) mass is 853 g/mol. The molecule has 0 aromatic heterocycles. The molecule has 0 amide bonds. The molecule has 0 aromatic carbocycles. The van der Waals surface area contributed by atoms with E-state index < -0.39 is 0 Å². The number of fused-ring (bicyclic) bond motifs is 6. The minimum atomic E-state index is 0.309. The SMILES string of the molecule is CC1CCCC2C3CCCCC3N(C3CCC(C(=O)C4CCC(C5NCCNC5C5CCC(C(=O)C6CCC(N7C8CCCCC8C8CCCC(C)C87)CC6)CC5)CC4)CC3)C12. The molecule has 8 aliphatic carbocycles. The second-order valence-corrected chi connectivity index (χ2v) is 25.0. The normalized spacial score (nSPS) is 50.5. The summed E-state index contributed by atoms with van der Waals surface area (Å²) >= 11 is 0. The number of Topliss-reactive ketones (excluding diaryl/α,β-unsaturated/α-hetero) is 2. The minimum absolute atomic E-state index is 0.309. The Morgan fingerprint density at radius 3 is 1.10 bits per heavy atom. The van der Waals surface area contributed by atoms with Crippen LogP contribution in [0.4, 0.5) is 0 Å². The van der Waals surface area contributed by atoms with Gasteiger partial charge < -0.3 is 10.6 Å². The maximum Gasteiger partial charge on any atom is 0.139 e. The molecule has 0 radical (unpaired) electrons. The fourth-order valence-corrected chi connectivity index (χ4v) is 19.5. The zero-order chi connectivity index (χ0) is 41.9. The van der Waals surface area contributed by atoms with E-state index in [4.69, 9.17) is 0 Å². The number of likely N-dealkylation sites (tertiary alicyclic amines) is 2. The lowest BCUT2D eigenvalue weighted by atomic mass is 9.67. The number of carbonyl (C=O) groups excluding carboxylic acids is 2. The van der Waals surface area contributed by atoms with Crippen LogP contribution >= 0.6 is 0 Å². The van der Waals surface area contributed by atoms with E-state index in [0.29, 0.717) is 59.2 Å². The van der Waals surface area contributed by atoms with E-state index in [1.54, 1.807) is 0 Å². The molecule has 348 valence electrons.